The number of hydrogen-bond acceptors (Lipinski definition) is 4. The predicted molar refractivity (Wildman–Crippen MR) is 86.5 cm³/mol. The van der Waals surface area contributed by atoms with E-state index in [1.165, 1.54) is 32.4 Å². The first-order valence-corrected chi connectivity index (χ1v) is 8.58. The van der Waals surface area contributed by atoms with Crippen molar-refractivity contribution in [1.29, 1.82) is 0 Å². The van der Waals surface area contributed by atoms with Crippen molar-refractivity contribution in [3.05, 3.63) is 59.2 Å². The molecule has 0 radical (unpaired) electrons. The molecule has 0 spiro atoms. The Morgan fingerprint density at radius 3 is 2.44 bits per heavy atom. The van der Waals surface area contributed by atoms with Gasteiger partial charge in [0.2, 0.25) is 10.0 Å². The second-order valence-corrected chi connectivity index (χ2v) is 6.87. The van der Waals surface area contributed by atoms with Crippen LogP contribution in [-0.2, 0) is 16.6 Å². The number of carbonyl (C=O) groups excluding carboxylic acids is 1. The monoisotopic (exact) mass is 370 g/mol. The number of rotatable bonds is 5. The van der Waals surface area contributed by atoms with Gasteiger partial charge in [-0.25, -0.2) is 22.3 Å². The summed E-state index contributed by atoms with van der Waals surface area (Å²) in [5.74, 6) is -1.97. The van der Waals surface area contributed by atoms with Crippen molar-refractivity contribution >= 4 is 15.9 Å². The zero-order chi connectivity index (χ0) is 18.8. The molecule has 0 fully saturated rings. The van der Waals surface area contributed by atoms with Crippen molar-refractivity contribution in [2.75, 3.05) is 14.2 Å². The normalized spacial score (nSPS) is 11.2. The third-order valence-corrected chi connectivity index (χ3v) is 4.41. The number of nitrogens with zero attached hydrogens (tertiary/aromatic N) is 1. The number of hydrogen-bond donors (Lipinski definition) is 1. The maximum Gasteiger partial charge on any atom is 0.257 e. The van der Waals surface area contributed by atoms with Crippen molar-refractivity contribution in [3.8, 4) is 5.75 Å². The summed E-state index contributed by atoms with van der Waals surface area (Å²) in [6.07, 6.45) is 0. The van der Waals surface area contributed by atoms with Crippen LogP contribution in [0.25, 0.3) is 0 Å². The summed E-state index contributed by atoms with van der Waals surface area (Å²) < 4.78 is 54.7. The Balaban J connectivity index is 2.35. The van der Waals surface area contributed by atoms with E-state index in [-0.39, 0.29) is 28.3 Å². The van der Waals surface area contributed by atoms with Gasteiger partial charge in [-0.3, -0.25) is 4.79 Å². The molecule has 1 amide bonds. The van der Waals surface area contributed by atoms with Gasteiger partial charge < -0.3 is 9.64 Å². The largest absolute Gasteiger partial charge is 0.496 e. The summed E-state index contributed by atoms with van der Waals surface area (Å²) in [6.45, 7) is -0.145. The van der Waals surface area contributed by atoms with E-state index >= 15 is 0 Å². The number of primary sulfonamides is 1. The van der Waals surface area contributed by atoms with E-state index in [4.69, 9.17) is 9.88 Å². The molecule has 6 nitrogen and oxygen atoms in total. The van der Waals surface area contributed by atoms with E-state index in [2.05, 4.69) is 0 Å². The lowest BCUT2D eigenvalue weighted by atomic mass is 10.1. The van der Waals surface area contributed by atoms with Crippen LogP contribution < -0.4 is 9.88 Å². The molecule has 0 aliphatic carbocycles. The molecule has 0 aliphatic rings. The minimum Gasteiger partial charge on any atom is -0.496 e. The molecule has 0 saturated heterocycles. The van der Waals surface area contributed by atoms with Crippen molar-refractivity contribution in [2.24, 2.45) is 5.14 Å². The van der Waals surface area contributed by atoms with E-state index < -0.39 is 27.6 Å². The van der Waals surface area contributed by atoms with Gasteiger partial charge in [0, 0.05) is 25.2 Å². The van der Waals surface area contributed by atoms with Crippen LogP contribution in [0.5, 0.6) is 5.75 Å². The fourth-order valence-electron chi connectivity index (χ4n) is 2.21. The highest BCUT2D eigenvalue weighted by Gasteiger charge is 2.21. The van der Waals surface area contributed by atoms with E-state index in [0.717, 1.165) is 23.1 Å². The molecule has 2 rings (SSSR count). The number of amides is 1. The smallest absolute Gasteiger partial charge is 0.257 e. The number of nitrogens with two attached hydrogens (primary N) is 1. The van der Waals surface area contributed by atoms with Crippen LogP contribution in [0.2, 0.25) is 0 Å². The second-order valence-electron chi connectivity index (χ2n) is 5.30. The summed E-state index contributed by atoms with van der Waals surface area (Å²) >= 11 is 0. The maximum absolute atomic E-state index is 13.7. The Hall–Kier alpha value is -2.52. The SMILES string of the molecule is COc1ccc(S(N)(=O)=O)cc1C(=O)N(C)Cc1ccc(F)cc1F. The van der Waals surface area contributed by atoms with Crippen LogP contribution in [0.3, 0.4) is 0 Å². The molecule has 0 unspecified atom stereocenters. The number of ether oxygens (including phenoxy) is 1. The van der Waals surface area contributed by atoms with Crippen LogP contribution in [0.4, 0.5) is 8.78 Å². The zero-order valence-corrected chi connectivity index (χ0v) is 14.3. The number of sulfonamides is 1. The molecule has 0 aliphatic heterocycles. The highest BCUT2D eigenvalue weighted by molar-refractivity contribution is 7.89. The van der Waals surface area contributed by atoms with Crippen LogP contribution >= 0.6 is 0 Å². The number of halogens is 2. The van der Waals surface area contributed by atoms with Crippen LogP contribution in [0, 0.1) is 11.6 Å². The minimum atomic E-state index is -4.01. The highest BCUT2D eigenvalue weighted by atomic mass is 32.2. The van der Waals surface area contributed by atoms with Crippen LogP contribution in [0.15, 0.2) is 41.3 Å². The molecular formula is C16H16F2N2O4S. The molecular weight excluding hydrogens is 354 g/mol. The van der Waals surface area contributed by atoms with Crippen molar-refractivity contribution in [2.45, 2.75) is 11.4 Å². The van der Waals surface area contributed by atoms with E-state index in [1.54, 1.807) is 0 Å². The Morgan fingerprint density at radius 1 is 1.20 bits per heavy atom. The van der Waals surface area contributed by atoms with Crippen molar-refractivity contribution in [3.63, 3.8) is 0 Å². The standard InChI is InChI=1S/C16H16F2N2O4S/c1-20(9-10-3-4-11(17)7-14(10)18)16(21)13-8-12(25(19,22)23)5-6-15(13)24-2/h3-8H,9H2,1-2H3,(H2,19,22,23). The lowest BCUT2D eigenvalue weighted by Crippen LogP contribution is -2.27. The Kier molecular flexibility index (Phi) is 5.39. The summed E-state index contributed by atoms with van der Waals surface area (Å²) in [6, 6.07) is 6.64. The van der Waals surface area contributed by atoms with E-state index in [0.29, 0.717) is 0 Å². The van der Waals surface area contributed by atoms with Gasteiger partial charge in [0.05, 0.1) is 17.6 Å². The molecule has 2 aromatic rings. The van der Waals surface area contributed by atoms with Gasteiger partial charge in [0.25, 0.3) is 5.91 Å². The van der Waals surface area contributed by atoms with Crippen LogP contribution in [-0.4, -0.2) is 33.4 Å². The van der Waals surface area contributed by atoms with Gasteiger partial charge in [0.1, 0.15) is 17.4 Å². The molecule has 0 aromatic heterocycles. The van der Waals surface area contributed by atoms with Gasteiger partial charge in [-0.1, -0.05) is 6.07 Å². The second kappa shape index (κ2) is 7.16. The number of carbonyl (C=O) groups is 1. The summed E-state index contributed by atoms with van der Waals surface area (Å²) in [5, 5.41) is 5.07. The Morgan fingerprint density at radius 2 is 1.88 bits per heavy atom. The van der Waals surface area contributed by atoms with Crippen molar-refractivity contribution in [1.82, 2.24) is 4.90 Å². The summed E-state index contributed by atoms with van der Waals surface area (Å²) in [4.78, 5) is 13.5. The molecule has 0 heterocycles. The van der Waals surface area contributed by atoms with Crippen LogP contribution in [0.1, 0.15) is 15.9 Å². The predicted octanol–water partition coefficient (Wildman–Crippen LogP) is 1.89. The average molecular weight is 370 g/mol. The fourth-order valence-corrected chi connectivity index (χ4v) is 2.75. The average Bonchev–Trinajstić information content (AvgIpc) is 2.55. The third-order valence-electron chi connectivity index (χ3n) is 3.50. The molecule has 2 aromatic carbocycles. The molecule has 0 atom stereocenters. The lowest BCUT2D eigenvalue weighted by Gasteiger charge is -2.19. The summed E-state index contributed by atoms with van der Waals surface area (Å²) in [7, 11) is -1.29. The number of benzene rings is 2. The Bertz CT molecular complexity index is 916. The topological polar surface area (TPSA) is 89.7 Å². The first-order valence-electron chi connectivity index (χ1n) is 7.03. The molecule has 25 heavy (non-hydrogen) atoms. The van der Waals surface area contributed by atoms with Crippen molar-refractivity contribution < 1.29 is 26.7 Å². The van der Waals surface area contributed by atoms with Gasteiger partial charge in [-0.15, -0.1) is 0 Å². The van der Waals surface area contributed by atoms with Gasteiger partial charge in [-0.2, -0.15) is 0 Å². The maximum atomic E-state index is 13.7. The lowest BCUT2D eigenvalue weighted by molar-refractivity contribution is 0.0780. The highest BCUT2D eigenvalue weighted by Crippen LogP contribution is 2.24. The van der Waals surface area contributed by atoms with E-state index in [9.17, 15) is 22.0 Å². The van der Waals surface area contributed by atoms with Gasteiger partial charge in [0.15, 0.2) is 0 Å². The van der Waals surface area contributed by atoms with E-state index in [1.807, 2.05) is 0 Å². The molecule has 134 valence electrons. The first-order chi connectivity index (χ1) is 11.6. The third kappa shape index (κ3) is 4.31. The Labute approximate surface area is 143 Å². The fraction of sp³-hybridized carbons (Fsp3) is 0.188. The summed E-state index contributed by atoms with van der Waals surface area (Å²) in [5.41, 5.74) is 0.0675. The number of methoxy groups -OCH3 is 1. The first kappa shape index (κ1) is 18.8. The zero-order valence-electron chi connectivity index (χ0n) is 13.5. The quantitative estimate of drug-likeness (QED) is 0.870. The molecule has 0 saturated carbocycles. The van der Waals surface area contributed by atoms with Gasteiger partial charge in [-0.05, 0) is 24.3 Å². The molecule has 2 N–H and O–H groups in total. The molecule has 0 bridgehead atoms. The van der Waals surface area contributed by atoms with Gasteiger partial charge >= 0.3 is 0 Å². The minimum absolute atomic E-state index is 0.0426. The molecule has 9 heteroatoms.